The summed E-state index contributed by atoms with van der Waals surface area (Å²) in [6, 6.07) is 14.7. The van der Waals surface area contributed by atoms with Crippen LogP contribution in [0, 0.1) is 3.57 Å². The number of nitrogens with zero attached hydrogens (tertiary/aromatic N) is 1. The van der Waals surface area contributed by atoms with Gasteiger partial charge in [-0.25, -0.2) is 5.43 Å². The van der Waals surface area contributed by atoms with Gasteiger partial charge in [-0.05, 0) is 52.4 Å². The van der Waals surface area contributed by atoms with E-state index in [1.54, 1.807) is 12.1 Å². The molecule has 2 amide bonds. The van der Waals surface area contributed by atoms with Crippen molar-refractivity contribution < 1.29 is 9.59 Å². The van der Waals surface area contributed by atoms with Gasteiger partial charge in [-0.1, -0.05) is 40.2 Å². The minimum absolute atomic E-state index is 0.139. The van der Waals surface area contributed by atoms with Crippen LogP contribution in [0.15, 0.2) is 58.1 Å². The zero-order valence-corrected chi connectivity index (χ0v) is 15.7. The predicted octanol–water partition coefficient (Wildman–Crippen LogP) is 2.93. The Bertz CT molecular complexity index is 750. The highest BCUT2D eigenvalue weighted by Gasteiger charge is 2.10. The maximum Gasteiger partial charge on any atom is 0.259 e. The van der Waals surface area contributed by atoms with Crippen LogP contribution in [0.3, 0.4) is 0 Å². The molecule has 0 aromatic heterocycles. The number of nitrogens with one attached hydrogen (secondary N) is 2. The standard InChI is InChI=1S/C16H13BrIN3O2/c17-12-5-3-4-11(8-12)9-20-21-15(22)10-19-16(23)13-6-1-2-7-14(13)18/h1-9H,10H2,(H,19,23)(H,21,22). The van der Waals surface area contributed by atoms with Gasteiger partial charge in [0.25, 0.3) is 11.8 Å². The van der Waals surface area contributed by atoms with E-state index in [1.807, 2.05) is 36.4 Å². The fourth-order valence-electron chi connectivity index (χ4n) is 1.71. The lowest BCUT2D eigenvalue weighted by Gasteiger charge is -2.05. The summed E-state index contributed by atoms with van der Waals surface area (Å²) in [5.41, 5.74) is 3.76. The van der Waals surface area contributed by atoms with Gasteiger partial charge in [0, 0.05) is 8.04 Å². The van der Waals surface area contributed by atoms with Crippen LogP contribution in [0.1, 0.15) is 15.9 Å². The van der Waals surface area contributed by atoms with E-state index in [4.69, 9.17) is 0 Å². The van der Waals surface area contributed by atoms with E-state index in [1.165, 1.54) is 6.21 Å². The van der Waals surface area contributed by atoms with Crippen LogP contribution in [-0.4, -0.2) is 24.6 Å². The monoisotopic (exact) mass is 485 g/mol. The number of rotatable bonds is 5. The largest absolute Gasteiger partial charge is 0.343 e. The molecule has 2 aromatic rings. The summed E-state index contributed by atoms with van der Waals surface area (Å²) in [4.78, 5) is 23.6. The van der Waals surface area contributed by atoms with Gasteiger partial charge in [0.2, 0.25) is 0 Å². The molecular weight excluding hydrogens is 473 g/mol. The minimum atomic E-state index is -0.393. The van der Waals surface area contributed by atoms with Gasteiger partial charge in [0.05, 0.1) is 18.3 Å². The molecule has 0 aliphatic rings. The second-order valence-electron chi connectivity index (χ2n) is 4.51. The van der Waals surface area contributed by atoms with E-state index < -0.39 is 5.91 Å². The van der Waals surface area contributed by atoms with Crippen LogP contribution < -0.4 is 10.7 Å². The van der Waals surface area contributed by atoms with Crippen molar-refractivity contribution in [2.45, 2.75) is 0 Å². The van der Waals surface area contributed by atoms with Crippen molar-refractivity contribution in [3.63, 3.8) is 0 Å². The first-order chi connectivity index (χ1) is 11.1. The molecular formula is C16H13BrIN3O2. The number of hydrogen-bond donors (Lipinski definition) is 2. The van der Waals surface area contributed by atoms with E-state index in [0.717, 1.165) is 13.6 Å². The maximum atomic E-state index is 12.0. The molecule has 5 nitrogen and oxygen atoms in total. The minimum Gasteiger partial charge on any atom is -0.343 e. The first-order valence-electron chi connectivity index (χ1n) is 6.66. The molecule has 2 aromatic carbocycles. The number of halogens is 2. The average molecular weight is 486 g/mol. The highest BCUT2D eigenvalue weighted by atomic mass is 127. The van der Waals surface area contributed by atoms with Crippen LogP contribution in [-0.2, 0) is 4.79 Å². The third-order valence-electron chi connectivity index (χ3n) is 2.78. The molecule has 2 rings (SSSR count). The van der Waals surface area contributed by atoms with Gasteiger partial charge in [-0.3, -0.25) is 9.59 Å². The SMILES string of the molecule is O=C(CNC(=O)c1ccccc1I)NN=Cc1cccc(Br)c1. The number of carbonyl (C=O) groups is 2. The zero-order chi connectivity index (χ0) is 16.7. The van der Waals surface area contributed by atoms with Crippen molar-refractivity contribution in [3.8, 4) is 0 Å². The van der Waals surface area contributed by atoms with E-state index in [2.05, 4.69) is 54.4 Å². The third-order valence-corrected chi connectivity index (χ3v) is 4.21. The Morgan fingerprint density at radius 1 is 1.17 bits per heavy atom. The van der Waals surface area contributed by atoms with Crippen molar-refractivity contribution in [3.05, 3.63) is 67.7 Å². The lowest BCUT2D eigenvalue weighted by atomic mass is 10.2. The highest BCUT2D eigenvalue weighted by Crippen LogP contribution is 2.11. The molecule has 0 heterocycles. The molecule has 0 aliphatic heterocycles. The fraction of sp³-hybridized carbons (Fsp3) is 0.0625. The normalized spacial score (nSPS) is 10.5. The lowest BCUT2D eigenvalue weighted by molar-refractivity contribution is -0.120. The van der Waals surface area contributed by atoms with Crippen LogP contribution in [0.2, 0.25) is 0 Å². The van der Waals surface area contributed by atoms with Crippen molar-refractivity contribution in [1.82, 2.24) is 10.7 Å². The molecule has 0 atom stereocenters. The Labute approximate surface area is 155 Å². The Hall–Kier alpha value is -1.74. The number of hydrazone groups is 1. The second-order valence-corrected chi connectivity index (χ2v) is 6.59. The van der Waals surface area contributed by atoms with Crippen LogP contribution in [0.5, 0.6) is 0 Å². The van der Waals surface area contributed by atoms with Gasteiger partial charge in [-0.15, -0.1) is 0 Å². The lowest BCUT2D eigenvalue weighted by Crippen LogP contribution is -2.35. The summed E-state index contributed by atoms with van der Waals surface area (Å²) < 4.78 is 1.76. The Kier molecular flexibility index (Phi) is 6.72. The molecule has 0 spiro atoms. The molecule has 118 valence electrons. The first-order valence-corrected chi connectivity index (χ1v) is 8.53. The van der Waals surface area contributed by atoms with Crippen molar-refractivity contribution in [2.75, 3.05) is 6.54 Å². The molecule has 0 radical (unpaired) electrons. The zero-order valence-electron chi connectivity index (χ0n) is 11.9. The Morgan fingerprint density at radius 2 is 1.96 bits per heavy atom. The number of benzene rings is 2. The predicted molar refractivity (Wildman–Crippen MR) is 101 cm³/mol. The smallest absolute Gasteiger partial charge is 0.259 e. The molecule has 0 bridgehead atoms. The number of carbonyl (C=O) groups excluding carboxylic acids is 2. The molecule has 0 unspecified atom stereocenters. The third kappa shape index (κ3) is 5.76. The molecule has 7 heteroatoms. The van der Waals surface area contributed by atoms with Gasteiger partial charge in [0.1, 0.15) is 0 Å². The van der Waals surface area contributed by atoms with Gasteiger partial charge < -0.3 is 5.32 Å². The first kappa shape index (κ1) is 17.6. The van der Waals surface area contributed by atoms with E-state index in [9.17, 15) is 9.59 Å². The molecule has 23 heavy (non-hydrogen) atoms. The van der Waals surface area contributed by atoms with E-state index in [-0.39, 0.29) is 12.5 Å². The van der Waals surface area contributed by atoms with E-state index in [0.29, 0.717) is 5.56 Å². The van der Waals surface area contributed by atoms with Crippen LogP contribution >= 0.6 is 38.5 Å². The molecule has 0 aliphatic carbocycles. The van der Waals surface area contributed by atoms with E-state index >= 15 is 0 Å². The summed E-state index contributed by atoms with van der Waals surface area (Å²) in [7, 11) is 0. The quantitative estimate of drug-likeness (QED) is 0.388. The van der Waals surface area contributed by atoms with Gasteiger partial charge in [0.15, 0.2) is 0 Å². The Morgan fingerprint density at radius 3 is 2.70 bits per heavy atom. The summed E-state index contributed by atoms with van der Waals surface area (Å²) in [6.45, 7) is -0.139. The van der Waals surface area contributed by atoms with Crippen LogP contribution in [0.25, 0.3) is 0 Å². The van der Waals surface area contributed by atoms with Gasteiger partial charge >= 0.3 is 0 Å². The average Bonchev–Trinajstić information content (AvgIpc) is 2.53. The van der Waals surface area contributed by atoms with Gasteiger partial charge in [-0.2, -0.15) is 5.10 Å². The molecule has 0 fully saturated rings. The summed E-state index contributed by atoms with van der Waals surface area (Å²) >= 11 is 5.43. The second kappa shape index (κ2) is 8.78. The molecule has 0 saturated heterocycles. The summed E-state index contributed by atoms with van der Waals surface area (Å²) in [5.74, 6) is -0.684. The molecule has 0 saturated carbocycles. The summed E-state index contributed by atoms with van der Waals surface area (Å²) in [5, 5.41) is 6.41. The maximum absolute atomic E-state index is 12.0. The van der Waals surface area contributed by atoms with Crippen molar-refractivity contribution in [1.29, 1.82) is 0 Å². The Balaban J connectivity index is 1.81. The molecule has 2 N–H and O–H groups in total. The highest BCUT2D eigenvalue weighted by molar-refractivity contribution is 14.1. The summed E-state index contributed by atoms with van der Waals surface area (Å²) in [6.07, 6.45) is 1.53. The van der Waals surface area contributed by atoms with Crippen molar-refractivity contribution in [2.24, 2.45) is 5.10 Å². The van der Waals surface area contributed by atoms with Crippen LogP contribution in [0.4, 0.5) is 0 Å². The topological polar surface area (TPSA) is 70.6 Å². The van der Waals surface area contributed by atoms with Crippen molar-refractivity contribution >= 4 is 56.5 Å². The number of hydrogen-bond acceptors (Lipinski definition) is 3. The fourth-order valence-corrected chi connectivity index (χ4v) is 2.76. The number of amides is 2.